The van der Waals surface area contributed by atoms with Crippen molar-refractivity contribution < 1.29 is 13.9 Å². The molecule has 0 atom stereocenters. The molecular formula is C14H26N2O3. The van der Waals surface area contributed by atoms with Gasteiger partial charge >= 0.3 is 0 Å². The van der Waals surface area contributed by atoms with Gasteiger partial charge in [-0.05, 0) is 25.0 Å². The van der Waals surface area contributed by atoms with E-state index in [9.17, 15) is 0 Å². The van der Waals surface area contributed by atoms with E-state index < -0.39 is 0 Å². The molecule has 0 saturated heterocycles. The minimum absolute atomic E-state index is 0.452. The highest BCUT2D eigenvalue weighted by atomic mass is 16.5. The summed E-state index contributed by atoms with van der Waals surface area (Å²) in [6.07, 6.45) is 1.00. The third-order valence-electron chi connectivity index (χ3n) is 3.07. The third-order valence-corrected chi connectivity index (χ3v) is 3.07. The van der Waals surface area contributed by atoms with Crippen molar-refractivity contribution in [3.05, 3.63) is 23.2 Å². The summed E-state index contributed by atoms with van der Waals surface area (Å²) in [5.74, 6) is 1.84. The highest BCUT2D eigenvalue weighted by Gasteiger charge is 2.11. The van der Waals surface area contributed by atoms with E-state index in [0.717, 1.165) is 56.4 Å². The molecule has 19 heavy (non-hydrogen) atoms. The Morgan fingerprint density at radius 2 is 1.95 bits per heavy atom. The molecule has 0 amide bonds. The molecule has 1 rings (SSSR count). The second kappa shape index (κ2) is 9.09. The van der Waals surface area contributed by atoms with Gasteiger partial charge in [0, 0.05) is 33.9 Å². The van der Waals surface area contributed by atoms with Crippen LogP contribution in [0.15, 0.2) is 10.5 Å². The van der Waals surface area contributed by atoms with Crippen LogP contribution in [0.5, 0.6) is 0 Å². The zero-order valence-corrected chi connectivity index (χ0v) is 12.3. The Labute approximate surface area is 115 Å². The second-order valence-corrected chi connectivity index (χ2v) is 4.64. The van der Waals surface area contributed by atoms with Gasteiger partial charge in [0.05, 0.1) is 19.7 Å². The molecule has 5 nitrogen and oxygen atoms in total. The topological polar surface area (TPSA) is 60.9 Å². The summed E-state index contributed by atoms with van der Waals surface area (Å²) in [5.41, 5.74) is 6.76. The highest BCUT2D eigenvalue weighted by molar-refractivity contribution is 5.19. The predicted molar refractivity (Wildman–Crippen MR) is 75.0 cm³/mol. The highest BCUT2D eigenvalue weighted by Crippen LogP contribution is 2.16. The molecule has 0 saturated carbocycles. The number of furan rings is 1. The van der Waals surface area contributed by atoms with Gasteiger partial charge in [-0.1, -0.05) is 0 Å². The number of hydrogen-bond acceptors (Lipinski definition) is 5. The van der Waals surface area contributed by atoms with Crippen LogP contribution in [0.4, 0.5) is 0 Å². The molecule has 1 aromatic heterocycles. The first-order valence-electron chi connectivity index (χ1n) is 6.69. The number of nitrogens with two attached hydrogens (primary N) is 1. The Balaban J connectivity index is 2.53. The molecule has 0 fully saturated rings. The van der Waals surface area contributed by atoms with Gasteiger partial charge in [0.25, 0.3) is 0 Å². The van der Waals surface area contributed by atoms with Gasteiger partial charge in [0.2, 0.25) is 0 Å². The van der Waals surface area contributed by atoms with Crippen molar-refractivity contribution in [2.45, 2.75) is 26.4 Å². The maximum atomic E-state index is 5.74. The Morgan fingerprint density at radius 3 is 2.53 bits per heavy atom. The quantitative estimate of drug-likeness (QED) is 0.653. The number of methoxy groups -OCH3 is 2. The molecule has 0 aliphatic rings. The molecule has 2 N–H and O–H groups in total. The van der Waals surface area contributed by atoms with Crippen molar-refractivity contribution in [2.24, 2.45) is 5.73 Å². The number of hydrogen-bond donors (Lipinski definition) is 1. The van der Waals surface area contributed by atoms with Gasteiger partial charge in [0.1, 0.15) is 11.5 Å². The predicted octanol–water partition coefficient (Wildman–Crippen LogP) is 1.53. The van der Waals surface area contributed by atoms with E-state index in [4.69, 9.17) is 19.6 Å². The Morgan fingerprint density at radius 1 is 1.21 bits per heavy atom. The van der Waals surface area contributed by atoms with Crippen molar-refractivity contribution >= 4 is 0 Å². The minimum Gasteiger partial charge on any atom is -0.463 e. The average molecular weight is 270 g/mol. The number of ether oxygens (including phenoxy) is 2. The summed E-state index contributed by atoms with van der Waals surface area (Å²) >= 11 is 0. The summed E-state index contributed by atoms with van der Waals surface area (Å²) in [6, 6.07) is 2.07. The lowest BCUT2D eigenvalue weighted by Gasteiger charge is -2.20. The lowest BCUT2D eigenvalue weighted by molar-refractivity contribution is 0.124. The van der Waals surface area contributed by atoms with Crippen LogP contribution in [0.2, 0.25) is 0 Å². The summed E-state index contributed by atoms with van der Waals surface area (Å²) < 4.78 is 16.0. The second-order valence-electron chi connectivity index (χ2n) is 4.64. The Hall–Kier alpha value is -0.880. The largest absolute Gasteiger partial charge is 0.463 e. The van der Waals surface area contributed by atoms with Crippen molar-refractivity contribution in [3.63, 3.8) is 0 Å². The fraction of sp³-hybridized carbons (Fsp3) is 0.714. The zero-order chi connectivity index (χ0) is 14.1. The molecule has 0 radical (unpaired) electrons. The van der Waals surface area contributed by atoms with Gasteiger partial charge in [0.15, 0.2) is 0 Å². The van der Waals surface area contributed by atoms with Crippen molar-refractivity contribution in [3.8, 4) is 0 Å². The van der Waals surface area contributed by atoms with Gasteiger partial charge < -0.3 is 19.6 Å². The fourth-order valence-electron chi connectivity index (χ4n) is 2.01. The van der Waals surface area contributed by atoms with Gasteiger partial charge in [-0.15, -0.1) is 0 Å². The van der Waals surface area contributed by atoms with E-state index in [2.05, 4.69) is 11.0 Å². The zero-order valence-electron chi connectivity index (χ0n) is 12.3. The molecular weight excluding hydrogens is 244 g/mol. The molecule has 0 aromatic carbocycles. The van der Waals surface area contributed by atoms with Gasteiger partial charge in [-0.3, -0.25) is 4.90 Å². The van der Waals surface area contributed by atoms with E-state index in [1.807, 2.05) is 6.92 Å². The number of aryl methyl sites for hydroxylation is 1. The van der Waals surface area contributed by atoms with Gasteiger partial charge in [-0.25, -0.2) is 0 Å². The molecule has 0 unspecified atom stereocenters. The molecule has 1 aromatic rings. The van der Waals surface area contributed by atoms with Crippen molar-refractivity contribution in [1.29, 1.82) is 0 Å². The molecule has 110 valence electrons. The minimum atomic E-state index is 0.452. The maximum absolute atomic E-state index is 5.74. The standard InChI is InChI=1S/C14H26N2O3/c1-12-9-13(19-14(12)10-15)11-16(6-8-18-3)5-4-7-17-2/h9H,4-8,10-11,15H2,1-3H3. The van der Waals surface area contributed by atoms with Crippen molar-refractivity contribution in [2.75, 3.05) is 40.5 Å². The van der Waals surface area contributed by atoms with Crippen LogP contribution in [-0.2, 0) is 22.6 Å². The summed E-state index contributed by atoms with van der Waals surface area (Å²) in [4.78, 5) is 2.31. The van der Waals surface area contributed by atoms with Crippen LogP contribution in [0.1, 0.15) is 23.5 Å². The van der Waals surface area contributed by atoms with Crippen LogP contribution < -0.4 is 5.73 Å². The van der Waals surface area contributed by atoms with E-state index >= 15 is 0 Å². The first-order valence-corrected chi connectivity index (χ1v) is 6.69. The third kappa shape index (κ3) is 5.74. The van der Waals surface area contributed by atoms with Crippen LogP contribution in [0.25, 0.3) is 0 Å². The summed E-state index contributed by atoms with van der Waals surface area (Å²) in [6.45, 7) is 6.61. The lowest BCUT2D eigenvalue weighted by atomic mass is 10.2. The maximum Gasteiger partial charge on any atom is 0.120 e. The molecule has 0 spiro atoms. The normalized spacial score (nSPS) is 11.4. The van der Waals surface area contributed by atoms with Gasteiger partial charge in [-0.2, -0.15) is 0 Å². The number of rotatable bonds is 10. The van der Waals surface area contributed by atoms with E-state index in [-0.39, 0.29) is 0 Å². The van der Waals surface area contributed by atoms with Crippen LogP contribution in [0.3, 0.4) is 0 Å². The Kier molecular flexibility index (Phi) is 7.74. The molecule has 0 aliphatic carbocycles. The van der Waals surface area contributed by atoms with E-state index in [1.54, 1.807) is 14.2 Å². The van der Waals surface area contributed by atoms with Crippen molar-refractivity contribution in [1.82, 2.24) is 4.90 Å². The Bertz CT molecular complexity index is 352. The smallest absolute Gasteiger partial charge is 0.120 e. The van der Waals surface area contributed by atoms with E-state index in [0.29, 0.717) is 6.54 Å². The summed E-state index contributed by atoms with van der Waals surface area (Å²) in [5, 5.41) is 0. The lowest BCUT2D eigenvalue weighted by Crippen LogP contribution is -2.28. The molecule has 1 heterocycles. The van der Waals surface area contributed by atoms with Crippen LogP contribution in [-0.4, -0.2) is 45.4 Å². The van der Waals surface area contributed by atoms with Crippen LogP contribution in [0, 0.1) is 6.92 Å². The first kappa shape index (κ1) is 16.2. The molecule has 0 bridgehead atoms. The molecule has 5 heteroatoms. The summed E-state index contributed by atoms with van der Waals surface area (Å²) in [7, 11) is 3.44. The molecule has 0 aliphatic heterocycles. The SMILES string of the molecule is COCCCN(CCOC)Cc1cc(C)c(CN)o1. The van der Waals surface area contributed by atoms with E-state index in [1.165, 1.54) is 0 Å². The monoisotopic (exact) mass is 270 g/mol. The first-order chi connectivity index (χ1) is 9.21. The number of nitrogens with zero attached hydrogens (tertiary/aromatic N) is 1. The average Bonchev–Trinajstić information content (AvgIpc) is 2.76. The fourth-order valence-corrected chi connectivity index (χ4v) is 2.01. The van der Waals surface area contributed by atoms with Crippen LogP contribution >= 0.6 is 0 Å².